The Morgan fingerprint density at radius 3 is 2.52 bits per heavy atom. The van der Waals surface area contributed by atoms with Crippen LogP contribution in [0.4, 0.5) is 5.82 Å². The average Bonchev–Trinajstić information content (AvgIpc) is 2.47. The van der Waals surface area contributed by atoms with Gasteiger partial charge in [0.25, 0.3) is 0 Å². The fourth-order valence-electron chi connectivity index (χ4n) is 1.98. The summed E-state index contributed by atoms with van der Waals surface area (Å²) in [5.41, 5.74) is 2.48. The molecule has 0 aliphatic heterocycles. The number of likely N-dealkylation sites (N-methyl/N-ethyl adjacent to an activating group) is 1. The highest BCUT2D eigenvalue weighted by molar-refractivity contribution is 5.91. The smallest absolute Gasteiger partial charge is 0.239 e. The first-order valence-corrected chi connectivity index (χ1v) is 6.71. The van der Waals surface area contributed by atoms with Crippen LogP contribution < -0.4 is 10.6 Å². The van der Waals surface area contributed by atoms with Gasteiger partial charge in [-0.3, -0.25) is 4.79 Å². The molecule has 0 unspecified atom stereocenters. The molecule has 1 amide bonds. The van der Waals surface area contributed by atoms with Gasteiger partial charge in [0.05, 0.1) is 6.54 Å². The predicted molar refractivity (Wildman–Crippen MR) is 87.9 cm³/mol. The van der Waals surface area contributed by atoms with E-state index >= 15 is 0 Å². The zero-order valence-electron chi connectivity index (χ0n) is 12.0. The second-order valence-electron chi connectivity index (χ2n) is 4.61. The van der Waals surface area contributed by atoms with Crippen molar-refractivity contribution < 1.29 is 4.79 Å². The second-order valence-corrected chi connectivity index (χ2v) is 4.61. The molecule has 0 fully saturated rings. The highest BCUT2D eigenvalue weighted by atomic mass is 35.5. The molecule has 0 atom stereocenters. The minimum Gasteiger partial charge on any atom is -0.311 e. The molecule has 0 bridgehead atoms. The van der Waals surface area contributed by atoms with Gasteiger partial charge in [-0.15, -0.1) is 12.4 Å². The Bertz CT molecular complexity index is 560. The Hall–Kier alpha value is -1.91. The molecular weight excluding hydrogens is 286 g/mol. The van der Waals surface area contributed by atoms with E-state index in [1.807, 2.05) is 30.3 Å². The van der Waals surface area contributed by atoms with Crippen LogP contribution in [-0.4, -0.2) is 24.5 Å². The van der Waals surface area contributed by atoms with E-state index in [1.54, 1.807) is 13.2 Å². The maximum absolute atomic E-state index is 11.5. The lowest BCUT2D eigenvalue weighted by Gasteiger charge is -2.06. The molecule has 1 aromatic heterocycles. The number of nitrogens with zero attached hydrogens (tertiary/aromatic N) is 1. The summed E-state index contributed by atoms with van der Waals surface area (Å²) >= 11 is 0. The quantitative estimate of drug-likeness (QED) is 0.862. The van der Waals surface area contributed by atoms with Gasteiger partial charge in [0, 0.05) is 6.20 Å². The summed E-state index contributed by atoms with van der Waals surface area (Å²) in [4.78, 5) is 15.6. The summed E-state index contributed by atoms with van der Waals surface area (Å²) in [6, 6.07) is 14.3. The molecule has 5 heteroatoms. The molecule has 0 saturated carbocycles. The van der Waals surface area contributed by atoms with Crippen LogP contribution >= 0.6 is 12.4 Å². The number of anilines is 1. The van der Waals surface area contributed by atoms with E-state index in [1.165, 1.54) is 11.1 Å². The van der Waals surface area contributed by atoms with E-state index in [0.717, 1.165) is 12.8 Å². The van der Waals surface area contributed by atoms with Crippen LogP contribution in [0.15, 0.2) is 48.7 Å². The third-order valence-electron chi connectivity index (χ3n) is 2.97. The predicted octanol–water partition coefficient (Wildman–Crippen LogP) is 2.45. The molecule has 2 rings (SSSR count). The first kappa shape index (κ1) is 17.1. The van der Waals surface area contributed by atoms with Crippen molar-refractivity contribution in [1.29, 1.82) is 0 Å². The van der Waals surface area contributed by atoms with Crippen LogP contribution in [0.25, 0.3) is 0 Å². The van der Waals surface area contributed by atoms with Gasteiger partial charge in [-0.1, -0.05) is 30.3 Å². The molecule has 1 heterocycles. The molecule has 2 N–H and O–H groups in total. The number of hydrogen-bond acceptors (Lipinski definition) is 3. The Kier molecular flexibility index (Phi) is 7.43. The molecule has 0 aliphatic carbocycles. The molecular formula is C16H20ClN3O. The van der Waals surface area contributed by atoms with Crippen molar-refractivity contribution >= 4 is 24.1 Å². The number of rotatable bonds is 6. The van der Waals surface area contributed by atoms with Gasteiger partial charge in [-0.25, -0.2) is 4.98 Å². The van der Waals surface area contributed by atoms with E-state index in [2.05, 4.69) is 27.8 Å². The zero-order chi connectivity index (χ0) is 14.2. The Morgan fingerprint density at radius 1 is 1.10 bits per heavy atom. The van der Waals surface area contributed by atoms with E-state index < -0.39 is 0 Å². The summed E-state index contributed by atoms with van der Waals surface area (Å²) in [7, 11) is 1.74. The summed E-state index contributed by atoms with van der Waals surface area (Å²) in [5.74, 6) is 0.524. The molecule has 0 spiro atoms. The first-order valence-electron chi connectivity index (χ1n) is 6.71. The number of amides is 1. The topological polar surface area (TPSA) is 54.0 Å². The van der Waals surface area contributed by atoms with Gasteiger partial charge in [0.15, 0.2) is 0 Å². The van der Waals surface area contributed by atoms with Gasteiger partial charge in [-0.05, 0) is 43.1 Å². The van der Waals surface area contributed by atoms with Crippen molar-refractivity contribution in [3.63, 3.8) is 0 Å². The number of aryl methyl sites for hydroxylation is 2. The van der Waals surface area contributed by atoms with Gasteiger partial charge < -0.3 is 10.6 Å². The fourth-order valence-corrected chi connectivity index (χ4v) is 1.98. The van der Waals surface area contributed by atoms with Gasteiger partial charge >= 0.3 is 0 Å². The Balaban J connectivity index is 0.00000220. The molecule has 0 saturated heterocycles. The molecule has 0 radical (unpaired) electrons. The number of hydrogen-bond donors (Lipinski definition) is 2. The van der Waals surface area contributed by atoms with Crippen molar-refractivity contribution in [3.05, 3.63) is 59.8 Å². The zero-order valence-corrected chi connectivity index (χ0v) is 12.8. The number of carbonyl (C=O) groups excluding carboxylic acids is 1. The summed E-state index contributed by atoms with van der Waals surface area (Å²) in [6.07, 6.45) is 3.64. The van der Waals surface area contributed by atoms with Crippen LogP contribution in [0.3, 0.4) is 0 Å². The minimum atomic E-state index is -0.0831. The summed E-state index contributed by atoms with van der Waals surface area (Å²) in [6.45, 7) is 0.288. The number of pyridine rings is 1. The monoisotopic (exact) mass is 305 g/mol. The van der Waals surface area contributed by atoms with Gasteiger partial charge in [-0.2, -0.15) is 0 Å². The van der Waals surface area contributed by atoms with E-state index in [9.17, 15) is 4.79 Å². The van der Waals surface area contributed by atoms with E-state index in [4.69, 9.17) is 0 Å². The third-order valence-corrected chi connectivity index (χ3v) is 2.97. The number of nitrogens with one attached hydrogen (secondary N) is 2. The van der Waals surface area contributed by atoms with Crippen LogP contribution in [0.1, 0.15) is 11.1 Å². The SMILES string of the molecule is CNCC(=O)Nc1cc(CCc2ccccc2)ccn1.Cl. The van der Waals surface area contributed by atoms with Crippen LogP contribution in [0.2, 0.25) is 0 Å². The molecule has 1 aromatic carbocycles. The van der Waals surface area contributed by atoms with Crippen molar-refractivity contribution in [2.75, 3.05) is 18.9 Å². The lowest BCUT2D eigenvalue weighted by atomic mass is 10.1. The van der Waals surface area contributed by atoms with Crippen LogP contribution in [-0.2, 0) is 17.6 Å². The van der Waals surface area contributed by atoms with Crippen LogP contribution in [0.5, 0.6) is 0 Å². The Morgan fingerprint density at radius 2 is 1.81 bits per heavy atom. The summed E-state index contributed by atoms with van der Waals surface area (Å²) < 4.78 is 0. The Labute approximate surface area is 131 Å². The minimum absolute atomic E-state index is 0. The molecule has 0 aliphatic rings. The van der Waals surface area contributed by atoms with Crippen molar-refractivity contribution in [2.24, 2.45) is 0 Å². The lowest BCUT2D eigenvalue weighted by molar-refractivity contribution is -0.115. The first-order chi connectivity index (χ1) is 9.78. The molecule has 112 valence electrons. The van der Waals surface area contributed by atoms with E-state index in [-0.39, 0.29) is 24.9 Å². The second kappa shape index (κ2) is 9.10. The van der Waals surface area contributed by atoms with Crippen molar-refractivity contribution in [1.82, 2.24) is 10.3 Å². The lowest BCUT2D eigenvalue weighted by Crippen LogP contribution is -2.25. The summed E-state index contributed by atoms with van der Waals surface area (Å²) in [5, 5.41) is 5.58. The maximum Gasteiger partial charge on any atom is 0.239 e. The standard InChI is InChI=1S/C16H19N3O.ClH/c1-17-12-16(20)19-15-11-14(9-10-18-15)8-7-13-5-3-2-4-6-13;/h2-6,9-11,17H,7-8,12H2,1H3,(H,18,19,20);1H. The van der Waals surface area contributed by atoms with Crippen molar-refractivity contribution in [2.45, 2.75) is 12.8 Å². The van der Waals surface area contributed by atoms with Crippen LogP contribution in [0, 0.1) is 0 Å². The number of halogens is 1. The van der Waals surface area contributed by atoms with E-state index in [0.29, 0.717) is 5.82 Å². The average molecular weight is 306 g/mol. The highest BCUT2D eigenvalue weighted by Gasteiger charge is 2.03. The number of aromatic nitrogens is 1. The van der Waals surface area contributed by atoms with Gasteiger partial charge in [0.1, 0.15) is 5.82 Å². The number of carbonyl (C=O) groups is 1. The fraction of sp³-hybridized carbons (Fsp3) is 0.250. The normalized spacial score (nSPS) is 9.76. The number of benzene rings is 1. The molecule has 21 heavy (non-hydrogen) atoms. The maximum atomic E-state index is 11.5. The third kappa shape index (κ3) is 5.94. The largest absolute Gasteiger partial charge is 0.311 e. The highest BCUT2D eigenvalue weighted by Crippen LogP contribution is 2.10. The van der Waals surface area contributed by atoms with Gasteiger partial charge in [0.2, 0.25) is 5.91 Å². The van der Waals surface area contributed by atoms with Crippen molar-refractivity contribution in [3.8, 4) is 0 Å². The molecule has 4 nitrogen and oxygen atoms in total. The molecule has 2 aromatic rings.